The minimum Gasteiger partial charge on any atom is -0.496 e. The van der Waals surface area contributed by atoms with E-state index in [2.05, 4.69) is 10.0 Å². The molecule has 1 heterocycles. The van der Waals surface area contributed by atoms with Crippen molar-refractivity contribution in [3.05, 3.63) is 39.8 Å². The highest BCUT2D eigenvalue weighted by molar-refractivity contribution is 5.72. The van der Waals surface area contributed by atoms with Crippen LogP contribution < -0.4 is 4.74 Å². The van der Waals surface area contributed by atoms with Crippen molar-refractivity contribution in [1.29, 1.82) is 0 Å². The molecule has 0 aliphatic carbocycles. The van der Waals surface area contributed by atoms with Crippen LogP contribution >= 0.6 is 0 Å². The van der Waals surface area contributed by atoms with Gasteiger partial charge in [-0.2, -0.15) is 0 Å². The lowest BCUT2D eigenvalue weighted by atomic mass is 9.80. The van der Waals surface area contributed by atoms with Crippen LogP contribution in [-0.2, 0) is 35.0 Å². The zero-order chi connectivity index (χ0) is 26.7. The summed E-state index contributed by atoms with van der Waals surface area (Å²) in [7, 11) is 3.17. The van der Waals surface area contributed by atoms with Crippen LogP contribution in [-0.4, -0.2) is 51.7 Å². The van der Waals surface area contributed by atoms with E-state index in [1.807, 2.05) is 32.0 Å². The van der Waals surface area contributed by atoms with Crippen LogP contribution in [0.1, 0.15) is 64.2 Å². The van der Waals surface area contributed by atoms with Crippen LogP contribution in [0.25, 0.3) is 10.4 Å². The zero-order valence-electron chi connectivity index (χ0n) is 22.1. The summed E-state index contributed by atoms with van der Waals surface area (Å²) < 4.78 is 27.5. The summed E-state index contributed by atoms with van der Waals surface area (Å²) in [4.78, 5) is 27.5. The Morgan fingerprint density at radius 2 is 2.00 bits per heavy atom. The Kier molecular flexibility index (Phi) is 12.0. The van der Waals surface area contributed by atoms with Crippen molar-refractivity contribution in [1.82, 2.24) is 0 Å². The molecule has 10 heteroatoms. The number of rotatable bonds is 15. The number of carbonyl (C=O) groups is 2. The van der Waals surface area contributed by atoms with Gasteiger partial charge >= 0.3 is 11.9 Å². The van der Waals surface area contributed by atoms with Crippen molar-refractivity contribution in [3.8, 4) is 5.75 Å². The summed E-state index contributed by atoms with van der Waals surface area (Å²) in [6.07, 6.45) is 0.689. The summed E-state index contributed by atoms with van der Waals surface area (Å²) in [6.45, 7) is 8.28. The van der Waals surface area contributed by atoms with Gasteiger partial charge in [-0.1, -0.05) is 38.9 Å². The largest absolute Gasteiger partial charge is 0.496 e. The second-order valence-corrected chi connectivity index (χ2v) is 9.63. The second kappa shape index (κ2) is 14.7. The fourth-order valence-corrected chi connectivity index (χ4v) is 4.34. The first-order valence-corrected chi connectivity index (χ1v) is 12.4. The van der Waals surface area contributed by atoms with E-state index in [1.54, 1.807) is 28.1 Å². The number of esters is 2. The van der Waals surface area contributed by atoms with Gasteiger partial charge in [-0.25, -0.2) is 0 Å². The Bertz CT molecular complexity index is 915. The van der Waals surface area contributed by atoms with Crippen LogP contribution in [0.2, 0.25) is 0 Å². The van der Waals surface area contributed by atoms with Crippen molar-refractivity contribution >= 4 is 11.9 Å². The van der Waals surface area contributed by atoms with Gasteiger partial charge in [0.05, 0.1) is 25.7 Å². The third-order valence-corrected chi connectivity index (χ3v) is 6.37. The summed E-state index contributed by atoms with van der Waals surface area (Å²) >= 11 is 0. The predicted octanol–water partition coefficient (Wildman–Crippen LogP) is 5.15. The van der Waals surface area contributed by atoms with Crippen LogP contribution in [0.5, 0.6) is 5.75 Å². The molecule has 1 aliphatic rings. The van der Waals surface area contributed by atoms with Crippen molar-refractivity contribution < 1.29 is 33.3 Å². The summed E-state index contributed by atoms with van der Waals surface area (Å²) in [5.74, 6) is -0.354. The molecule has 1 fully saturated rings. The Hall–Kier alpha value is -2.81. The molecule has 0 saturated carbocycles. The molecule has 4 atom stereocenters. The molecule has 0 N–H and O–H groups in total. The molecule has 200 valence electrons. The minimum atomic E-state index is -0.599. The van der Waals surface area contributed by atoms with Gasteiger partial charge in [0.15, 0.2) is 0 Å². The van der Waals surface area contributed by atoms with Crippen molar-refractivity contribution in [3.63, 3.8) is 0 Å². The van der Waals surface area contributed by atoms with Gasteiger partial charge in [-0.15, -0.1) is 0 Å². The first kappa shape index (κ1) is 29.4. The quantitative estimate of drug-likeness (QED) is 0.0805. The zero-order valence-corrected chi connectivity index (χ0v) is 22.1. The summed E-state index contributed by atoms with van der Waals surface area (Å²) in [6, 6.07) is 5.16. The van der Waals surface area contributed by atoms with Gasteiger partial charge in [0.2, 0.25) is 0 Å². The number of ether oxygens (including phenoxy) is 5. The van der Waals surface area contributed by atoms with Crippen molar-refractivity contribution in [2.45, 2.75) is 71.6 Å². The van der Waals surface area contributed by atoms with E-state index in [4.69, 9.17) is 23.7 Å². The van der Waals surface area contributed by atoms with Crippen LogP contribution in [0.4, 0.5) is 0 Å². The van der Waals surface area contributed by atoms with Gasteiger partial charge in [-0.05, 0) is 54.0 Å². The highest BCUT2D eigenvalue weighted by Gasteiger charge is 2.37. The molecule has 0 aromatic heterocycles. The highest BCUT2D eigenvalue weighted by Crippen LogP contribution is 2.39. The average Bonchev–Trinajstić information content (AvgIpc) is 3.28. The lowest BCUT2D eigenvalue weighted by Gasteiger charge is -2.34. The molecular weight excluding hydrogens is 466 g/mol. The third-order valence-electron chi connectivity index (χ3n) is 6.37. The van der Waals surface area contributed by atoms with Crippen molar-refractivity contribution in [2.75, 3.05) is 27.6 Å². The number of azide groups is 1. The topological polar surface area (TPSA) is 129 Å². The smallest absolute Gasteiger partial charge is 0.308 e. The Morgan fingerprint density at radius 3 is 2.56 bits per heavy atom. The number of benzene rings is 1. The standard InChI is InChI=1S/C26H39N3O7/c1-16(2)20(14-21(28-29-27)23-9-10-24(30)35-23)25(36-26(31)17(3)4)19-7-8-22(33-6)18(13-19)11-12-34-15-32-5/h7-8,13,16-17,20-21,23,25H,9-12,14-15H2,1-6H3/t20-,21-,23-,25?/m0/s1. The molecule has 1 aromatic rings. The number of hydrogen-bond donors (Lipinski definition) is 0. The molecule has 1 unspecified atom stereocenters. The Balaban J connectivity index is 2.43. The van der Waals surface area contributed by atoms with Gasteiger partial charge in [-0.3, -0.25) is 9.59 Å². The molecule has 1 aromatic carbocycles. The number of nitrogens with zero attached hydrogens (tertiary/aromatic N) is 3. The predicted molar refractivity (Wildman–Crippen MR) is 133 cm³/mol. The number of cyclic esters (lactones) is 1. The summed E-state index contributed by atoms with van der Waals surface area (Å²) in [5.41, 5.74) is 10.9. The van der Waals surface area contributed by atoms with Crippen LogP contribution in [0.15, 0.2) is 23.3 Å². The molecule has 2 rings (SSSR count). The molecule has 10 nitrogen and oxygen atoms in total. The molecule has 1 saturated heterocycles. The molecule has 0 bridgehead atoms. The van der Waals surface area contributed by atoms with Crippen molar-refractivity contribution in [2.24, 2.45) is 22.9 Å². The maximum atomic E-state index is 12.8. The van der Waals surface area contributed by atoms with E-state index in [-0.39, 0.29) is 36.5 Å². The van der Waals surface area contributed by atoms with E-state index in [0.717, 1.165) is 11.1 Å². The molecular formula is C26H39N3O7. The second-order valence-electron chi connectivity index (χ2n) is 9.63. The Morgan fingerprint density at radius 1 is 1.25 bits per heavy atom. The van der Waals surface area contributed by atoms with Gasteiger partial charge in [0.25, 0.3) is 0 Å². The van der Waals surface area contributed by atoms with E-state index in [0.29, 0.717) is 38.0 Å². The van der Waals surface area contributed by atoms with Gasteiger partial charge in [0.1, 0.15) is 24.8 Å². The van der Waals surface area contributed by atoms with E-state index in [9.17, 15) is 15.1 Å². The molecule has 36 heavy (non-hydrogen) atoms. The number of methoxy groups -OCH3 is 2. The molecule has 1 aliphatic heterocycles. The average molecular weight is 506 g/mol. The van der Waals surface area contributed by atoms with E-state index in [1.165, 1.54) is 0 Å². The van der Waals surface area contributed by atoms with Gasteiger partial charge < -0.3 is 23.7 Å². The molecule has 0 radical (unpaired) electrons. The van der Waals surface area contributed by atoms with Crippen LogP contribution in [0.3, 0.4) is 0 Å². The highest BCUT2D eigenvalue weighted by atomic mass is 16.7. The molecule has 0 spiro atoms. The van der Waals surface area contributed by atoms with Crippen LogP contribution in [0, 0.1) is 17.8 Å². The van der Waals surface area contributed by atoms with E-state index >= 15 is 0 Å². The monoisotopic (exact) mass is 505 g/mol. The maximum Gasteiger partial charge on any atom is 0.308 e. The maximum absolute atomic E-state index is 12.8. The Labute approximate surface area is 213 Å². The lowest BCUT2D eigenvalue weighted by molar-refractivity contribution is -0.157. The number of hydrogen-bond acceptors (Lipinski definition) is 8. The fourth-order valence-electron chi connectivity index (χ4n) is 4.34. The third kappa shape index (κ3) is 8.40. The van der Waals surface area contributed by atoms with E-state index < -0.39 is 18.2 Å². The normalized spacial score (nSPS) is 17.9. The summed E-state index contributed by atoms with van der Waals surface area (Å²) in [5, 5.41) is 3.97. The van der Waals surface area contributed by atoms with Gasteiger partial charge in [0, 0.05) is 24.4 Å². The molecule has 0 amide bonds. The SMILES string of the molecule is COCOCCc1cc(C(OC(=O)C(C)C)[C@@H](C[C@H](N=[N+]=[N-])[C@@H]2CCC(=O)O2)C(C)C)ccc1OC. The fraction of sp³-hybridized carbons (Fsp3) is 0.692. The number of carbonyl (C=O) groups excluding carboxylic acids is 2. The minimum absolute atomic E-state index is 0.0686. The first-order valence-electron chi connectivity index (χ1n) is 12.4. The first-order chi connectivity index (χ1) is 17.2. The lowest BCUT2D eigenvalue weighted by Crippen LogP contribution is -2.33.